The Morgan fingerprint density at radius 1 is 1.02 bits per heavy atom. The molecule has 6 heterocycles. The number of aromatic amines is 1. The van der Waals surface area contributed by atoms with Crippen molar-refractivity contribution >= 4 is 46.0 Å². The van der Waals surface area contributed by atoms with Gasteiger partial charge in [0.15, 0.2) is 0 Å². The molecule has 1 saturated heterocycles. The Bertz CT molecular complexity index is 2630. The van der Waals surface area contributed by atoms with Crippen molar-refractivity contribution in [3.63, 3.8) is 0 Å². The molecule has 0 radical (unpaired) electrons. The third-order valence-corrected chi connectivity index (χ3v) is 16.2. The van der Waals surface area contributed by atoms with Crippen molar-refractivity contribution in [1.82, 2.24) is 20.1 Å². The number of carbonyl (C=O) groups excluding carboxylic acids is 3. The molecule has 1 spiro atoms. The maximum Gasteiger partial charge on any atom is 0.322 e. The second-order valence-electron chi connectivity index (χ2n) is 19.0. The fourth-order valence-electron chi connectivity index (χ4n) is 13.7. The highest BCUT2D eigenvalue weighted by atomic mass is 35.5. The van der Waals surface area contributed by atoms with E-state index < -0.39 is 40.0 Å². The second kappa shape index (κ2) is 15.5. The molecule has 9 atom stereocenters. The third-order valence-electron chi connectivity index (χ3n) is 16.0. The third kappa shape index (κ3) is 5.94. The predicted molar refractivity (Wildman–Crippen MR) is 246 cm³/mol. The molecular formula is C51H58ClN5O7. The lowest BCUT2D eigenvalue weighted by Gasteiger charge is -2.64. The zero-order chi connectivity index (χ0) is 44.9. The molecule has 1 aromatic heterocycles. The zero-order valence-corrected chi connectivity index (χ0v) is 38.3. The summed E-state index contributed by atoms with van der Waals surface area (Å²) in [6.45, 7) is 9.18. The number of aromatic nitrogens is 1. The largest absolute Gasteiger partial charge is 0.496 e. The second-order valence-corrected chi connectivity index (χ2v) is 19.5. The summed E-state index contributed by atoms with van der Waals surface area (Å²) in [5.41, 5.74) is 2.29. The highest BCUT2D eigenvalue weighted by molar-refractivity contribution is 6.30. The number of halogens is 1. The number of esters is 2. The zero-order valence-electron chi connectivity index (χ0n) is 37.5. The number of aliphatic hydroxyl groups is 1. The number of carbonyl (C=O) groups is 3. The van der Waals surface area contributed by atoms with E-state index in [4.69, 9.17) is 25.8 Å². The summed E-state index contributed by atoms with van der Waals surface area (Å²) in [7, 11) is 5.10. The monoisotopic (exact) mass is 887 g/mol. The van der Waals surface area contributed by atoms with Crippen LogP contribution in [0, 0.1) is 11.3 Å². The normalized spacial score (nSPS) is 32.3. The Kier molecular flexibility index (Phi) is 10.4. The van der Waals surface area contributed by atoms with Gasteiger partial charge in [0, 0.05) is 102 Å². The Morgan fingerprint density at radius 3 is 2.52 bits per heavy atom. The first-order chi connectivity index (χ1) is 30.8. The van der Waals surface area contributed by atoms with Gasteiger partial charge in [-0.2, -0.15) is 0 Å². The van der Waals surface area contributed by atoms with Crippen LogP contribution in [0.3, 0.4) is 0 Å². The number of H-pyrrole nitrogens is 1. The molecule has 6 aliphatic rings. The number of hydrogen-bond donors (Lipinski definition) is 3. The molecule has 12 nitrogen and oxygen atoms in total. The van der Waals surface area contributed by atoms with Gasteiger partial charge >= 0.3 is 11.9 Å². The SMILES string of the molecule is CCC1=C[C@@H]2CN(C1)Cc1c([nH]c3ccccc13)[C@@](C(=O)OC)(c1cc3c(cc1OC)N(C)[C@H]1[C@@](O)(CNC(=O)c4ccc(Cl)cc4)[C@H](OC(C)=O)[C@]4(CC)C=CCN5CC[C@]31[C@@H]54)C2. The average molecular weight is 889 g/mol. The number of nitrogens with one attached hydrogen (secondary N) is 2. The average Bonchev–Trinajstić information content (AvgIpc) is 3.95. The van der Waals surface area contributed by atoms with Crippen LogP contribution >= 0.6 is 11.6 Å². The van der Waals surface area contributed by atoms with Crippen LogP contribution in [0.1, 0.15) is 79.2 Å². The Morgan fingerprint density at radius 2 is 1.80 bits per heavy atom. The lowest BCUT2D eigenvalue weighted by Crippen LogP contribution is -2.81. The molecule has 13 heteroatoms. The molecule has 2 fully saturated rings. The molecule has 4 aromatic rings. The Hall–Kier alpha value is -5.14. The molecule has 10 rings (SSSR count). The standard InChI is InChI=1S/C51H58ClN5O7/c1-7-31-22-32-25-50(47(60)63-6,42-36(28-56(26-31)27-32)35-12-9-10-13-39(35)54-42)38-23-37-40(24-41(38)62-5)55(4)45-49(37)19-21-57-20-11-18-48(8-2,44(49)57)46(64-30(3)58)51(45,61)29-53-43(59)33-14-16-34(52)17-15-33/h9-18,22-24,32,44-46,54,61H,7-8,19-21,25-29H2,1-6H3,(H,53,59)/t32-,44-,45+,46+,48+,49+,50-,51-/m0/s1. The molecule has 1 saturated carbocycles. The minimum absolute atomic E-state index is 0.0283. The van der Waals surface area contributed by atoms with E-state index in [-0.39, 0.29) is 30.4 Å². The van der Waals surface area contributed by atoms with Crippen LogP contribution in [0.4, 0.5) is 5.69 Å². The van der Waals surface area contributed by atoms with Crippen LogP contribution in [-0.2, 0) is 36.4 Å². The number of ether oxygens (including phenoxy) is 3. The number of nitrogens with zero attached hydrogens (tertiary/aromatic N) is 3. The van der Waals surface area contributed by atoms with E-state index in [0.29, 0.717) is 54.3 Å². The number of methoxy groups -OCH3 is 2. The van der Waals surface area contributed by atoms with Crippen molar-refractivity contribution in [2.45, 2.75) is 87.6 Å². The molecule has 3 N–H and O–H groups in total. The van der Waals surface area contributed by atoms with Crippen LogP contribution in [0.15, 0.2) is 84.5 Å². The highest BCUT2D eigenvalue weighted by Gasteiger charge is 2.78. The van der Waals surface area contributed by atoms with Gasteiger partial charge in [-0.25, -0.2) is 0 Å². The van der Waals surface area contributed by atoms with E-state index in [1.165, 1.54) is 19.6 Å². The number of anilines is 1. The molecule has 1 amide bonds. The smallest absolute Gasteiger partial charge is 0.322 e. The number of fused-ring (bicyclic) bond motifs is 6. The lowest BCUT2D eigenvalue weighted by molar-refractivity contribution is -0.216. The summed E-state index contributed by atoms with van der Waals surface area (Å²) in [5.74, 6) is -0.720. The van der Waals surface area contributed by atoms with Crippen molar-refractivity contribution in [3.05, 3.63) is 117 Å². The first-order valence-corrected chi connectivity index (χ1v) is 23.1. The summed E-state index contributed by atoms with van der Waals surface area (Å²) in [6, 6.07) is 18.2. The van der Waals surface area contributed by atoms with Gasteiger partial charge in [0.25, 0.3) is 5.91 Å². The van der Waals surface area contributed by atoms with Crippen molar-refractivity contribution < 1.29 is 33.7 Å². The Balaban J connectivity index is 1.23. The van der Waals surface area contributed by atoms with Crippen LogP contribution in [0.25, 0.3) is 10.9 Å². The predicted octanol–water partition coefficient (Wildman–Crippen LogP) is 6.66. The van der Waals surface area contributed by atoms with Gasteiger partial charge < -0.3 is 34.5 Å². The first-order valence-electron chi connectivity index (χ1n) is 22.7. The van der Waals surface area contributed by atoms with Gasteiger partial charge in [0.2, 0.25) is 0 Å². The van der Waals surface area contributed by atoms with Gasteiger partial charge in [0.1, 0.15) is 22.9 Å². The topological polar surface area (TPSA) is 137 Å². The summed E-state index contributed by atoms with van der Waals surface area (Å²) in [4.78, 5) is 53.5. The summed E-state index contributed by atoms with van der Waals surface area (Å²) in [5, 5.41) is 18.5. The van der Waals surface area contributed by atoms with E-state index >= 15 is 4.79 Å². The van der Waals surface area contributed by atoms with E-state index in [1.807, 2.05) is 25.2 Å². The number of likely N-dealkylation sites (N-methyl/N-ethyl adjacent to an activating group) is 1. The molecular weight excluding hydrogens is 830 g/mol. The van der Waals surface area contributed by atoms with Crippen LogP contribution in [0.2, 0.25) is 5.02 Å². The summed E-state index contributed by atoms with van der Waals surface area (Å²) in [6.07, 6.45) is 8.19. The van der Waals surface area contributed by atoms with E-state index in [9.17, 15) is 14.7 Å². The van der Waals surface area contributed by atoms with Gasteiger partial charge in [-0.05, 0) is 85.7 Å². The number of hydrogen-bond acceptors (Lipinski definition) is 10. The molecule has 64 heavy (non-hydrogen) atoms. The number of rotatable bonds is 9. The molecule has 5 aliphatic heterocycles. The fourth-order valence-corrected chi connectivity index (χ4v) is 13.9. The summed E-state index contributed by atoms with van der Waals surface area (Å²) >= 11 is 6.19. The lowest BCUT2D eigenvalue weighted by atomic mass is 9.47. The van der Waals surface area contributed by atoms with Crippen LogP contribution in [-0.4, -0.2) is 116 Å². The number of para-hydroxylation sites is 1. The number of benzene rings is 3. The summed E-state index contributed by atoms with van der Waals surface area (Å²) < 4.78 is 18.8. The molecule has 3 aromatic carbocycles. The Labute approximate surface area is 379 Å². The van der Waals surface area contributed by atoms with Crippen molar-refractivity contribution in [2.24, 2.45) is 11.3 Å². The molecule has 1 aliphatic carbocycles. The quantitative estimate of drug-likeness (QED) is 0.124. The van der Waals surface area contributed by atoms with E-state index in [1.54, 1.807) is 31.4 Å². The van der Waals surface area contributed by atoms with E-state index in [0.717, 1.165) is 59.5 Å². The number of amides is 1. The van der Waals surface area contributed by atoms with Crippen LogP contribution in [0.5, 0.6) is 5.75 Å². The molecule has 1 unspecified atom stereocenters. The van der Waals surface area contributed by atoms with Gasteiger partial charge in [0.05, 0.1) is 26.8 Å². The fraction of sp³-hybridized carbons (Fsp3) is 0.471. The first kappa shape index (κ1) is 42.8. The maximum atomic E-state index is 15.3. The maximum absolute atomic E-state index is 15.3. The van der Waals surface area contributed by atoms with E-state index in [2.05, 4.69) is 75.3 Å². The molecule has 336 valence electrons. The van der Waals surface area contributed by atoms with Gasteiger partial charge in [-0.1, -0.05) is 67.4 Å². The van der Waals surface area contributed by atoms with Crippen LogP contribution < -0.4 is 15.0 Å². The van der Waals surface area contributed by atoms with Gasteiger partial charge in [-0.15, -0.1) is 0 Å². The van der Waals surface area contributed by atoms with Gasteiger partial charge in [-0.3, -0.25) is 24.2 Å². The minimum atomic E-state index is -1.82. The van der Waals surface area contributed by atoms with Crippen molar-refractivity contribution in [3.8, 4) is 5.75 Å². The van der Waals surface area contributed by atoms with Crippen molar-refractivity contribution in [2.75, 3.05) is 58.9 Å². The minimum Gasteiger partial charge on any atom is -0.496 e. The highest BCUT2D eigenvalue weighted by Crippen LogP contribution is 2.68. The van der Waals surface area contributed by atoms with Crippen molar-refractivity contribution in [1.29, 1.82) is 0 Å². The molecule has 2 bridgehead atoms.